The van der Waals surface area contributed by atoms with Gasteiger partial charge in [-0.25, -0.2) is 0 Å². The maximum atomic E-state index is 13.7. The van der Waals surface area contributed by atoms with Crippen molar-refractivity contribution in [2.45, 2.75) is 24.9 Å². The van der Waals surface area contributed by atoms with E-state index >= 15 is 0 Å². The number of hydrogen-bond acceptors (Lipinski definition) is 6. The van der Waals surface area contributed by atoms with Crippen LogP contribution in [0.1, 0.15) is 18.5 Å². The van der Waals surface area contributed by atoms with E-state index in [0.717, 1.165) is 0 Å². The first kappa shape index (κ1) is 21.0. The number of carbonyl (C=O) groups is 1. The first-order valence-electron chi connectivity index (χ1n) is 7.85. The minimum Gasteiger partial charge on any atom is -0.497 e. The van der Waals surface area contributed by atoms with Crippen molar-refractivity contribution < 1.29 is 37.3 Å². The van der Waals surface area contributed by atoms with E-state index in [-0.39, 0.29) is 17.9 Å². The molecule has 1 aromatic rings. The average Bonchev–Trinajstić information content (AvgIpc) is 2.59. The number of rotatable bonds is 5. The van der Waals surface area contributed by atoms with Gasteiger partial charge in [-0.2, -0.15) is 13.2 Å². The molecule has 0 amide bonds. The van der Waals surface area contributed by atoms with E-state index in [1.165, 1.54) is 39.3 Å². The molecule has 1 aliphatic rings. The molecular weight excluding hydrogens is 389 g/mol. The molecule has 27 heavy (non-hydrogen) atoms. The molecule has 1 fully saturated rings. The molecule has 0 bridgehead atoms. The Labute approximate surface area is 158 Å². The van der Waals surface area contributed by atoms with Crippen LogP contribution in [0.5, 0.6) is 11.5 Å². The molecule has 1 saturated heterocycles. The number of esters is 1. The average molecular weight is 408 g/mol. The zero-order chi connectivity index (χ0) is 20.4. The fraction of sp³-hybridized carbons (Fsp3) is 0.500. The van der Waals surface area contributed by atoms with Gasteiger partial charge in [0.2, 0.25) is 0 Å². The highest BCUT2D eigenvalue weighted by atomic mass is 32.1. The third-order valence-electron chi connectivity index (χ3n) is 4.12. The van der Waals surface area contributed by atoms with Crippen LogP contribution in [-0.2, 0) is 9.53 Å². The van der Waals surface area contributed by atoms with Crippen LogP contribution >= 0.6 is 12.2 Å². The molecule has 7 nitrogen and oxygen atoms in total. The number of carbonyl (C=O) groups excluding carboxylic acids is 1. The fourth-order valence-electron chi connectivity index (χ4n) is 2.88. The van der Waals surface area contributed by atoms with Crippen molar-refractivity contribution in [1.82, 2.24) is 10.6 Å². The molecule has 0 radical (unpaired) electrons. The summed E-state index contributed by atoms with van der Waals surface area (Å²) in [6, 6.07) is 3.01. The van der Waals surface area contributed by atoms with Crippen LogP contribution in [0.3, 0.4) is 0 Å². The first-order valence-corrected chi connectivity index (χ1v) is 8.26. The van der Waals surface area contributed by atoms with Gasteiger partial charge in [-0.1, -0.05) is 0 Å². The minimum absolute atomic E-state index is 0.140. The van der Waals surface area contributed by atoms with Gasteiger partial charge in [0.25, 0.3) is 5.72 Å². The van der Waals surface area contributed by atoms with Crippen molar-refractivity contribution in [1.29, 1.82) is 0 Å². The van der Waals surface area contributed by atoms with Gasteiger partial charge in [0.1, 0.15) is 17.4 Å². The molecule has 1 aromatic carbocycles. The number of nitrogens with one attached hydrogen (secondary N) is 2. The molecule has 0 saturated carbocycles. The van der Waals surface area contributed by atoms with E-state index in [0.29, 0.717) is 5.75 Å². The predicted octanol–water partition coefficient (Wildman–Crippen LogP) is 1.65. The Kier molecular flexibility index (Phi) is 6.05. The summed E-state index contributed by atoms with van der Waals surface area (Å²) in [5, 5.41) is 14.3. The standard InChI is InChI=1S/C16H19F3N2O5S/c1-4-26-13(22)11-12(9-7-8(24-2)5-6-10(9)25-3)20-14(27)21-15(11,23)16(17,18)19/h5-7,11-12,23H,4H2,1-3H3,(H2,20,21,27)/t11-,12-,15-/m0/s1. The number of halogens is 3. The molecule has 3 atom stereocenters. The van der Waals surface area contributed by atoms with E-state index < -0.39 is 34.9 Å². The first-order chi connectivity index (χ1) is 12.6. The molecule has 2 rings (SSSR count). The summed E-state index contributed by atoms with van der Waals surface area (Å²) in [7, 11) is 2.70. The van der Waals surface area contributed by atoms with Gasteiger partial charge in [-0.15, -0.1) is 0 Å². The highest BCUT2D eigenvalue weighted by Crippen LogP contribution is 2.45. The molecule has 1 aliphatic heterocycles. The Hall–Kier alpha value is -2.27. The Balaban J connectivity index is 2.67. The van der Waals surface area contributed by atoms with Crippen LogP contribution < -0.4 is 20.1 Å². The van der Waals surface area contributed by atoms with Crippen LogP contribution in [0.2, 0.25) is 0 Å². The summed E-state index contributed by atoms with van der Waals surface area (Å²) in [5.74, 6) is -2.87. The van der Waals surface area contributed by atoms with Gasteiger partial charge in [0.05, 0.1) is 26.9 Å². The number of thiocarbonyl (C=S) groups is 1. The summed E-state index contributed by atoms with van der Waals surface area (Å²) in [6.07, 6.45) is -5.22. The quantitative estimate of drug-likeness (QED) is 0.501. The highest BCUT2D eigenvalue weighted by Gasteiger charge is 2.66. The smallest absolute Gasteiger partial charge is 0.437 e. The molecule has 3 N–H and O–H groups in total. The third kappa shape index (κ3) is 3.88. The topological polar surface area (TPSA) is 89.1 Å². The summed E-state index contributed by atoms with van der Waals surface area (Å²) < 4.78 is 56.2. The Morgan fingerprint density at radius 3 is 2.52 bits per heavy atom. The van der Waals surface area contributed by atoms with E-state index in [4.69, 9.17) is 26.4 Å². The Morgan fingerprint density at radius 1 is 1.33 bits per heavy atom. The number of aliphatic hydroxyl groups is 1. The van der Waals surface area contributed by atoms with Crippen molar-refractivity contribution >= 4 is 23.3 Å². The largest absolute Gasteiger partial charge is 0.497 e. The van der Waals surface area contributed by atoms with Crippen molar-refractivity contribution in [2.75, 3.05) is 20.8 Å². The van der Waals surface area contributed by atoms with E-state index in [1.54, 1.807) is 5.32 Å². The molecule has 150 valence electrons. The monoisotopic (exact) mass is 408 g/mol. The van der Waals surface area contributed by atoms with Crippen LogP contribution in [-0.4, -0.2) is 48.9 Å². The SMILES string of the molecule is CCOC(=O)[C@@H]1[C@H](c2cc(OC)ccc2OC)NC(=S)N[C@@]1(O)C(F)(F)F. The fourth-order valence-corrected chi connectivity index (χ4v) is 3.16. The van der Waals surface area contributed by atoms with Crippen molar-refractivity contribution in [3.8, 4) is 11.5 Å². The molecular formula is C16H19F3N2O5S. The second-order valence-corrected chi connectivity index (χ2v) is 6.09. The minimum atomic E-state index is -5.22. The number of ether oxygens (including phenoxy) is 3. The maximum Gasteiger partial charge on any atom is 0.437 e. The van der Waals surface area contributed by atoms with Crippen LogP contribution in [0.15, 0.2) is 18.2 Å². The van der Waals surface area contributed by atoms with Gasteiger partial charge in [-0.05, 0) is 37.3 Å². The van der Waals surface area contributed by atoms with Gasteiger partial charge in [0, 0.05) is 5.56 Å². The lowest BCUT2D eigenvalue weighted by Gasteiger charge is -2.45. The molecule has 0 unspecified atom stereocenters. The zero-order valence-electron chi connectivity index (χ0n) is 14.7. The molecule has 0 spiro atoms. The maximum absolute atomic E-state index is 13.7. The summed E-state index contributed by atoms with van der Waals surface area (Å²) in [6.45, 7) is 1.27. The zero-order valence-corrected chi connectivity index (χ0v) is 15.5. The lowest BCUT2D eigenvalue weighted by Crippen LogP contribution is -2.73. The molecule has 11 heteroatoms. The predicted molar refractivity (Wildman–Crippen MR) is 92.3 cm³/mol. The lowest BCUT2D eigenvalue weighted by atomic mass is 9.81. The number of hydrogen-bond donors (Lipinski definition) is 3. The van der Waals surface area contributed by atoms with Gasteiger partial charge >= 0.3 is 12.1 Å². The normalized spacial score (nSPS) is 25.2. The third-order valence-corrected chi connectivity index (χ3v) is 4.34. The second-order valence-electron chi connectivity index (χ2n) is 5.68. The van der Waals surface area contributed by atoms with Crippen LogP contribution in [0.25, 0.3) is 0 Å². The van der Waals surface area contributed by atoms with Crippen molar-refractivity contribution in [3.63, 3.8) is 0 Å². The highest BCUT2D eigenvalue weighted by molar-refractivity contribution is 7.80. The Bertz CT molecular complexity index is 730. The lowest BCUT2D eigenvalue weighted by molar-refractivity contribution is -0.292. The van der Waals surface area contributed by atoms with E-state index in [2.05, 4.69) is 5.32 Å². The van der Waals surface area contributed by atoms with Gasteiger partial charge in [0.15, 0.2) is 5.11 Å². The van der Waals surface area contributed by atoms with Crippen molar-refractivity contribution in [2.24, 2.45) is 5.92 Å². The summed E-state index contributed by atoms with van der Waals surface area (Å²) in [5.41, 5.74) is -3.50. The molecule has 0 aliphatic carbocycles. The van der Waals surface area contributed by atoms with Crippen LogP contribution in [0.4, 0.5) is 13.2 Å². The summed E-state index contributed by atoms with van der Waals surface area (Å²) >= 11 is 4.84. The Morgan fingerprint density at radius 2 is 2.00 bits per heavy atom. The summed E-state index contributed by atoms with van der Waals surface area (Å²) in [4.78, 5) is 12.4. The molecule has 1 heterocycles. The van der Waals surface area contributed by atoms with Crippen LogP contribution in [0, 0.1) is 5.92 Å². The van der Waals surface area contributed by atoms with Gasteiger partial charge in [-0.3, -0.25) is 4.79 Å². The number of methoxy groups -OCH3 is 2. The van der Waals surface area contributed by atoms with E-state index in [9.17, 15) is 23.1 Å². The molecule has 0 aromatic heterocycles. The second kappa shape index (κ2) is 7.77. The number of alkyl halides is 3. The van der Waals surface area contributed by atoms with Gasteiger partial charge < -0.3 is 30.0 Å². The van der Waals surface area contributed by atoms with E-state index in [1.807, 2.05) is 0 Å². The van der Waals surface area contributed by atoms with Crippen molar-refractivity contribution in [3.05, 3.63) is 23.8 Å². The number of benzene rings is 1.